The fraction of sp³-hybridized carbons (Fsp3) is 0.933. The number of halogens is 1. The van der Waals surface area contributed by atoms with Gasteiger partial charge in [0.2, 0.25) is 0 Å². The highest BCUT2D eigenvalue weighted by Gasteiger charge is 2.07. The lowest BCUT2D eigenvalue weighted by molar-refractivity contribution is 0.129. The van der Waals surface area contributed by atoms with Crippen molar-refractivity contribution in [2.75, 3.05) is 39.9 Å². The number of ether oxygens (including phenoxy) is 1. The van der Waals surface area contributed by atoms with Crippen LogP contribution >= 0.6 is 24.0 Å². The molecule has 6 heteroatoms. The molecule has 0 spiro atoms. The fourth-order valence-corrected chi connectivity index (χ4v) is 1.57. The van der Waals surface area contributed by atoms with Crippen molar-refractivity contribution in [3.05, 3.63) is 0 Å². The van der Waals surface area contributed by atoms with Crippen molar-refractivity contribution in [2.24, 2.45) is 4.99 Å². The summed E-state index contributed by atoms with van der Waals surface area (Å²) in [6.07, 6.45) is 3.35. The van der Waals surface area contributed by atoms with E-state index in [1.165, 1.54) is 6.42 Å². The largest absolute Gasteiger partial charge is 0.381 e. The normalized spacial score (nSPS) is 12.0. The topological polar surface area (TPSA) is 57.7 Å². The predicted molar refractivity (Wildman–Crippen MR) is 103 cm³/mol. The van der Waals surface area contributed by atoms with E-state index in [0.29, 0.717) is 0 Å². The Morgan fingerprint density at radius 1 is 1.00 bits per heavy atom. The Hall–Kier alpha value is -0.0800. The molecule has 128 valence electrons. The molecule has 0 aromatic rings. The second-order valence-corrected chi connectivity index (χ2v) is 5.92. The van der Waals surface area contributed by atoms with Crippen molar-refractivity contribution >= 4 is 29.9 Å². The number of rotatable bonds is 10. The summed E-state index contributed by atoms with van der Waals surface area (Å²) in [6, 6.07) is 0. The lowest BCUT2D eigenvalue weighted by Crippen LogP contribution is -2.44. The fourth-order valence-electron chi connectivity index (χ4n) is 1.57. The molecule has 0 heterocycles. The zero-order chi connectivity index (χ0) is 15.3. The van der Waals surface area contributed by atoms with Gasteiger partial charge in [0.15, 0.2) is 5.96 Å². The molecule has 0 aliphatic heterocycles. The summed E-state index contributed by atoms with van der Waals surface area (Å²) >= 11 is 0. The average molecular weight is 414 g/mol. The monoisotopic (exact) mass is 414 g/mol. The van der Waals surface area contributed by atoms with E-state index >= 15 is 0 Å². The van der Waals surface area contributed by atoms with Gasteiger partial charge in [0.1, 0.15) is 0 Å². The first kappa shape index (κ1) is 23.2. The number of unbranched alkanes of at least 4 members (excludes halogenated alkanes) is 1. The van der Waals surface area contributed by atoms with E-state index in [-0.39, 0.29) is 29.5 Å². The van der Waals surface area contributed by atoms with Gasteiger partial charge in [-0.25, -0.2) is 0 Å². The van der Waals surface area contributed by atoms with Crippen molar-refractivity contribution < 1.29 is 4.74 Å². The van der Waals surface area contributed by atoms with Crippen LogP contribution in [0.3, 0.4) is 0 Å². The Morgan fingerprint density at radius 3 is 2.19 bits per heavy atom. The van der Waals surface area contributed by atoms with Gasteiger partial charge in [-0.05, 0) is 33.6 Å². The summed E-state index contributed by atoms with van der Waals surface area (Å²) in [4.78, 5) is 4.20. The van der Waals surface area contributed by atoms with E-state index in [2.05, 4.69) is 48.6 Å². The van der Waals surface area contributed by atoms with Crippen molar-refractivity contribution in [1.29, 1.82) is 0 Å². The van der Waals surface area contributed by atoms with E-state index in [1.54, 1.807) is 7.05 Å². The molecule has 0 bridgehead atoms. The molecule has 5 nitrogen and oxygen atoms in total. The summed E-state index contributed by atoms with van der Waals surface area (Å²) in [5.74, 6) is 0.856. The molecule has 21 heavy (non-hydrogen) atoms. The van der Waals surface area contributed by atoms with Gasteiger partial charge in [-0.3, -0.25) is 4.99 Å². The summed E-state index contributed by atoms with van der Waals surface area (Å²) in [6.45, 7) is 13.0. The van der Waals surface area contributed by atoms with Gasteiger partial charge in [-0.15, -0.1) is 24.0 Å². The van der Waals surface area contributed by atoms with Crippen LogP contribution in [0.15, 0.2) is 4.99 Å². The van der Waals surface area contributed by atoms with E-state index in [9.17, 15) is 0 Å². The molecular weight excluding hydrogens is 379 g/mol. The first-order valence-electron chi connectivity index (χ1n) is 7.77. The number of nitrogens with zero attached hydrogens (tertiary/aromatic N) is 1. The summed E-state index contributed by atoms with van der Waals surface area (Å²) in [7, 11) is 1.80. The van der Waals surface area contributed by atoms with Crippen molar-refractivity contribution in [3.8, 4) is 0 Å². The lowest BCUT2D eigenvalue weighted by Gasteiger charge is -2.21. The molecular formula is C15H35IN4O. The first-order chi connectivity index (χ1) is 9.49. The second kappa shape index (κ2) is 14.8. The summed E-state index contributed by atoms with van der Waals surface area (Å²) < 4.78 is 5.52. The quantitative estimate of drug-likeness (QED) is 0.222. The van der Waals surface area contributed by atoms with Crippen LogP contribution < -0.4 is 16.0 Å². The van der Waals surface area contributed by atoms with Gasteiger partial charge in [0, 0.05) is 45.4 Å². The summed E-state index contributed by atoms with van der Waals surface area (Å²) in [5, 5.41) is 10.0. The molecule has 0 atom stereocenters. The number of hydrogen-bond donors (Lipinski definition) is 3. The molecule has 3 N–H and O–H groups in total. The highest BCUT2D eigenvalue weighted by molar-refractivity contribution is 14.0. The third-order valence-electron chi connectivity index (χ3n) is 2.70. The Balaban J connectivity index is 0. The van der Waals surface area contributed by atoms with Crippen LogP contribution in [0.25, 0.3) is 0 Å². The zero-order valence-corrected chi connectivity index (χ0v) is 16.8. The van der Waals surface area contributed by atoms with Gasteiger partial charge in [-0.2, -0.15) is 0 Å². The number of hydrogen-bond acceptors (Lipinski definition) is 3. The Bertz CT molecular complexity index is 255. The molecule has 0 radical (unpaired) electrons. The highest BCUT2D eigenvalue weighted by Crippen LogP contribution is 1.96. The molecule has 0 saturated heterocycles. The van der Waals surface area contributed by atoms with Crippen LogP contribution in [-0.4, -0.2) is 51.4 Å². The third kappa shape index (κ3) is 17.9. The summed E-state index contributed by atoms with van der Waals surface area (Å²) in [5.41, 5.74) is 0.161. The highest BCUT2D eigenvalue weighted by atomic mass is 127. The molecule has 0 aromatic heterocycles. The molecule has 0 saturated carbocycles. The van der Waals surface area contributed by atoms with Gasteiger partial charge < -0.3 is 20.7 Å². The van der Waals surface area contributed by atoms with Crippen molar-refractivity contribution in [1.82, 2.24) is 16.0 Å². The standard InChI is InChI=1S/C15H34N4O.HI/c1-6-7-12-20-13-8-9-17-14(16-5)18-10-11-19-15(2,3)4;/h19H,6-13H2,1-5H3,(H2,16,17,18);1H. The molecule has 0 aromatic carbocycles. The van der Waals surface area contributed by atoms with E-state index in [0.717, 1.165) is 51.6 Å². The van der Waals surface area contributed by atoms with Crippen LogP contribution in [0.4, 0.5) is 0 Å². The van der Waals surface area contributed by atoms with Crippen LogP contribution in [-0.2, 0) is 4.74 Å². The maximum atomic E-state index is 5.52. The number of aliphatic imine (C=N–C) groups is 1. The minimum atomic E-state index is 0. The van der Waals surface area contributed by atoms with Crippen LogP contribution in [0.5, 0.6) is 0 Å². The maximum absolute atomic E-state index is 5.52. The lowest BCUT2D eigenvalue weighted by atomic mass is 10.1. The molecule has 0 amide bonds. The van der Waals surface area contributed by atoms with Crippen molar-refractivity contribution in [2.45, 2.75) is 52.5 Å². The van der Waals surface area contributed by atoms with E-state index in [1.807, 2.05) is 0 Å². The molecule has 0 unspecified atom stereocenters. The molecule has 0 aliphatic carbocycles. The van der Waals surface area contributed by atoms with Gasteiger partial charge >= 0.3 is 0 Å². The predicted octanol–water partition coefficient (Wildman–Crippen LogP) is 2.36. The molecule has 0 fully saturated rings. The number of guanidine groups is 1. The van der Waals surface area contributed by atoms with E-state index < -0.39 is 0 Å². The van der Waals surface area contributed by atoms with Crippen LogP contribution in [0, 0.1) is 0 Å². The molecule has 0 rings (SSSR count). The maximum Gasteiger partial charge on any atom is 0.191 e. The van der Waals surface area contributed by atoms with Crippen LogP contribution in [0.2, 0.25) is 0 Å². The zero-order valence-electron chi connectivity index (χ0n) is 14.4. The smallest absolute Gasteiger partial charge is 0.191 e. The Kier molecular flexibility index (Phi) is 16.4. The minimum Gasteiger partial charge on any atom is -0.381 e. The third-order valence-corrected chi connectivity index (χ3v) is 2.70. The van der Waals surface area contributed by atoms with Crippen molar-refractivity contribution in [3.63, 3.8) is 0 Å². The first-order valence-corrected chi connectivity index (χ1v) is 7.77. The van der Waals surface area contributed by atoms with Crippen LogP contribution in [0.1, 0.15) is 47.0 Å². The average Bonchev–Trinajstić information content (AvgIpc) is 2.39. The minimum absolute atomic E-state index is 0. The molecule has 0 aliphatic rings. The Morgan fingerprint density at radius 2 is 1.62 bits per heavy atom. The van der Waals surface area contributed by atoms with Gasteiger partial charge in [-0.1, -0.05) is 13.3 Å². The van der Waals surface area contributed by atoms with E-state index in [4.69, 9.17) is 4.74 Å². The van der Waals surface area contributed by atoms with Gasteiger partial charge in [0.25, 0.3) is 0 Å². The SMILES string of the molecule is CCCCOCCCNC(=NC)NCCNC(C)(C)C.I. The van der Waals surface area contributed by atoms with Gasteiger partial charge in [0.05, 0.1) is 0 Å². The Labute approximate surface area is 148 Å². The second-order valence-electron chi connectivity index (χ2n) is 5.92. The number of nitrogens with one attached hydrogen (secondary N) is 3.